The molecular weight excluding hydrogens is 881 g/mol. The van der Waals surface area contributed by atoms with Gasteiger partial charge in [0, 0.05) is 67.6 Å². The van der Waals surface area contributed by atoms with Crippen molar-refractivity contribution in [3.8, 4) is 11.1 Å². The maximum absolute atomic E-state index is 14.8. The lowest BCUT2D eigenvalue weighted by molar-refractivity contribution is -0.248. The Kier molecular flexibility index (Phi) is 13.5. The predicted molar refractivity (Wildman–Crippen MR) is 276 cm³/mol. The number of ketones is 1. The molecule has 11 rings (SSSR count). The molecule has 1 amide bonds. The van der Waals surface area contributed by atoms with E-state index in [1.807, 2.05) is 36.3 Å². The van der Waals surface area contributed by atoms with Crippen LogP contribution in [0.5, 0.6) is 0 Å². The van der Waals surface area contributed by atoms with Crippen molar-refractivity contribution in [2.45, 2.75) is 156 Å². The maximum atomic E-state index is 14.8. The van der Waals surface area contributed by atoms with Crippen LogP contribution in [-0.2, 0) is 22.5 Å². The van der Waals surface area contributed by atoms with E-state index in [9.17, 15) is 9.59 Å². The van der Waals surface area contributed by atoms with Crippen molar-refractivity contribution >= 4 is 55.8 Å². The summed E-state index contributed by atoms with van der Waals surface area (Å²) in [6.07, 6.45) is 20.3. The number of nitrogens with zero attached hydrogens (tertiary/aromatic N) is 9. The highest BCUT2D eigenvalue weighted by Gasteiger charge is 2.66. The fourth-order valence-electron chi connectivity index (χ4n) is 14.4. The van der Waals surface area contributed by atoms with E-state index < -0.39 is 0 Å². The number of benzene rings is 1. The first-order chi connectivity index (χ1) is 33.2. The van der Waals surface area contributed by atoms with Crippen molar-refractivity contribution in [1.82, 2.24) is 39.7 Å². The number of anilines is 4. The Morgan fingerprint density at radius 3 is 2.36 bits per heavy atom. The first kappa shape index (κ1) is 47.9. The Labute approximate surface area is 413 Å². The fourth-order valence-corrected chi connectivity index (χ4v) is 15.2. The van der Waals surface area contributed by atoms with Crippen molar-refractivity contribution in [2.24, 2.45) is 16.2 Å². The van der Waals surface area contributed by atoms with E-state index in [-0.39, 0.29) is 33.5 Å². The Hall–Kier alpha value is -4.79. The third kappa shape index (κ3) is 10.1. The highest BCUT2D eigenvalue weighted by atomic mass is 32.1. The van der Waals surface area contributed by atoms with Crippen molar-refractivity contribution in [3.05, 3.63) is 65.1 Å². The number of pyridine rings is 1. The number of carbonyl (C=O) groups is 2. The molecule has 14 heteroatoms. The predicted octanol–water partition coefficient (Wildman–Crippen LogP) is 11.4. The molecule has 2 unspecified atom stereocenters. The highest BCUT2D eigenvalue weighted by molar-refractivity contribution is 7.22. The van der Waals surface area contributed by atoms with E-state index >= 15 is 0 Å². The Morgan fingerprint density at radius 1 is 0.841 bits per heavy atom. The number of Topliss-reactive ketones (excluding diaryl/α,β-unsaturated/α-hetero) is 1. The average Bonchev–Trinajstić information content (AvgIpc) is 4.06. The van der Waals surface area contributed by atoms with Crippen LogP contribution < -0.4 is 10.2 Å². The van der Waals surface area contributed by atoms with Crippen LogP contribution >= 0.6 is 11.3 Å². The summed E-state index contributed by atoms with van der Waals surface area (Å²) < 4.78 is 10.5. The topological polar surface area (TPSA) is 134 Å². The van der Waals surface area contributed by atoms with Crippen LogP contribution in [0.2, 0.25) is 0 Å². The van der Waals surface area contributed by atoms with Gasteiger partial charge in [-0.05, 0) is 151 Å². The molecule has 1 aromatic carbocycles. The number of amides is 1. The van der Waals surface area contributed by atoms with Gasteiger partial charge in [0.1, 0.15) is 17.3 Å². The molecular formula is C55H74N10O3S. The molecule has 5 aromatic rings. The van der Waals surface area contributed by atoms with Gasteiger partial charge in [0.05, 0.1) is 28.6 Å². The zero-order chi connectivity index (χ0) is 48.0. The molecule has 6 aliphatic rings. The van der Waals surface area contributed by atoms with Crippen LogP contribution in [0.3, 0.4) is 0 Å². The van der Waals surface area contributed by atoms with Gasteiger partial charge in [0.25, 0.3) is 5.91 Å². The van der Waals surface area contributed by atoms with Gasteiger partial charge >= 0.3 is 0 Å². The molecule has 4 bridgehead atoms. The Balaban J connectivity index is 0.916. The SMILES string of the molecule is CC(=O)CCCCCCCCN(C)C(=O)c1nc(N2CCCc3c2nnc(Nc2nc4ccccc4s2)c3C)ccc1-c1cnn(CC23CC4(C)CC(C)(C2)CC(OCCN2CCCC2)(C4)C3)c1C. The van der Waals surface area contributed by atoms with Crippen LogP contribution in [0.1, 0.15) is 151 Å². The summed E-state index contributed by atoms with van der Waals surface area (Å²) in [5.41, 5.74) is 6.92. The second kappa shape index (κ2) is 19.4. The Morgan fingerprint density at radius 2 is 1.59 bits per heavy atom. The van der Waals surface area contributed by atoms with Gasteiger partial charge in [0.15, 0.2) is 16.8 Å². The molecule has 0 spiro atoms. The van der Waals surface area contributed by atoms with Crippen LogP contribution in [0.15, 0.2) is 42.6 Å². The number of thiazole rings is 1. The molecule has 1 saturated heterocycles. The van der Waals surface area contributed by atoms with E-state index in [1.54, 1.807) is 18.3 Å². The monoisotopic (exact) mass is 955 g/mol. The smallest absolute Gasteiger partial charge is 0.272 e. The van der Waals surface area contributed by atoms with Crippen LogP contribution in [0.25, 0.3) is 21.3 Å². The number of fused-ring (bicyclic) bond motifs is 2. The summed E-state index contributed by atoms with van der Waals surface area (Å²) in [5.74, 6) is 2.35. The van der Waals surface area contributed by atoms with E-state index in [2.05, 4.69) is 65.7 Å². The molecule has 368 valence electrons. The van der Waals surface area contributed by atoms with E-state index in [0.29, 0.717) is 36.8 Å². The summed E-state index contributed by atoms with van der Waals surface area (Å²) in [5, 5.41) is 19.0. The van der Waals surface area contributed by atoms with Gasteiger partial charge in [0.2, 0.25) is 0 Å². The minimum atomic E-state index is -0.0923. The molecule has 69 heavy (non-hydrogen) atoms. The summed E-state index contributed by atoms with van der Waals surface area (Å²) in [7, 11) is 1.91. The van der Waals surface area contributed by atoms with Gasteiger partial charge in [-0.25, -0.2) is 9.97 Å². The molecule has 4 aromatic heterocycles. The van der Waals surface area contributed by atoms with Crippen LogP contribution in [0, 0.1) is 30.1 Å². The van der Waals surface area contributed by atoms with Crippen LogP contribution in [0.4, 0.5) is 22.6 Å². The number of hydrogen-bond donors (Lipinski definition) is 1. The van der Waals surface area contributed by atoms with Crippen molar-refractivity contribution in [3.63, 3.8) is 0 Å². The second-order valence-electron chi connectivity index (χ2n) is 22.8. The van der Waals surface area contributed by atoms with Gasteiger partial charge in [-0.1, -0.05) is 63.0 Å². The Bertz CT molecular complexity index is 2640. The van der Waals surface area contributed by atoms with Crippen molar-refractivity contribution in [2.75, 3.05) is 56.6 Å². The number of hydrogen-bond acceptors (Lipinski definition) is 12. The molecule has 0 radical (unpaired) electrons. The molecule has 6 heterocycles. The van der Waals surface area contributed by atoms with E-state index in [1.165, 1.54) is 45.2 Å². The van der Waals surface area contributed by atoms with E-state index in [4.69, 9.17) is 30.0 Å². The number of para-hydroxylation sites is 1. The minimum Gasteiger partial charge on any atom is -0.374 e. The molecule has 4 aliphatic carbocycles. The van der Waals surface area contributed by atoms with Gasteiger partial charge < -0.3 is 29.5 Å². The summed E-state index contributed by atoms with van der Waals surface area (Å²) in [4.78, 5) is 42.9. The largest absolute Gasteiger partial charge is 0.374 e. The molecule has 5 fully saturated rings. The number of carbonyl (C=O) groups excluding carboxylic acids is 2. The quantitative estimate of drug-likeness (QED) is 0.0747. The zero-order valence-corrected chi connectivity index (χ0v) is 43.0. The van der Waals surface area contributed by atoms with E-state index in [0.717, 1.165) is 139 Å². The third-order valence-corrected chi connectivity index (χ3v) is 17.4. The van der Waals surface area contributed by atoms with Crippen molar-refractivity contribution in [1.29, 1.82) is 0 Å². The number of rotatable bonds is 20. The fraction of sp³-hybridized carbons (Fsp3) is 0.618. The summed E-state index contributed by atoms with van der Waals surface area (Å²) in [6, 6.07) is 12.3. The summed E-state index contributed by atoms with van der Waals surface area (Å²) >= 11 is 1.60. The second-order valence-corrected chi connectivity index (χ2v) is 23.8. The number of likely N-dealkylation sites (tertiary alicyclic amines) is 1. The lowest BCUT2D eigenvalue weighted by Crippen LogP contribution is -2.64. The summed E-state index contributed by atoms with van der Waals surface area (Å²) in [6.45, 7) is 17.5. The number of unbranched alkanes of at least 4 members (excludes halogenated alkanes) is 5. The van der Waals surface area contributed by atoms with Crippen molar-refractivity contribution < 1.29 is 14.3 Å². The lowest BCUT2D eigenvalue weighted by atomic mass is 9.39. The molecule has 2 aliphatic heterocycles. The molecule has 1 N–H and O–H groups in total. The highest BCUT2D eigenvalue weighted by Crippen LogP contribution is 2.72. The standard InChI is InChI=1S/C55H74N10O3S/c1-38(66)18-11-9-7-8-10-14-24-62(6)50(67)47-42(22-23-46(58-47)64-27-17-19-41-39(2)48(60-61-49(41)64)59-51-57-44-20-12-13-21-45(44)69-51)43-30-56-65(40(43)3)37-54-32-52(4)31-53(5,33-54)35-55(34-52,36-54)68-29-28-63-25-15-16-26-63/h12-13,20-23,30H,7-11,14-19,24-29,31-37H2,1-6H3,(H,57,59,60). The minimum absolute atomic E-state index is 0.0776. The van der Waals surface area contributed by atoms with Gasteiger partial charge in [-0.3, -0.25) is 9.48 Å². The first-order valence-electron chi connectivity index (χ1n) is 26.1. The van der Waals surface area contributed by atoms with Crippen LogP contribution in [-0.4, -0.2) is 103 Å². The third-order valence-electron chi connectivity index (χ3n) is 16.4. The maximum Gasteiger partial charge on any atom is 0.272 e. The number of aromatic nitrogens is 6. The number of nitrogens with one attached hydrogen (secondary N) is 1. The zero-order valence-electron chi connectivity index (χ0n) is 42.2. The van der Waals surface area contributed by atoms with Gasteiger partial charge in [-0.15, -0.1) is 10.2 Å². The normalized spacial score (nSPS) is 25.2. The molecule has 2 atom stereocenters. The first-order valence-corrected chi connectivity index (χ1v) is 26.9. The number of ether oxygens (including phenoxy) is 1. The molecule has 13 nitrogen and oxygen atoms in total. The molecule has 4 saturated carbocycles. The lowest BCUT2D eigenvalue weighted by Gasteiger charge is -2.69. The van der Waals surface area contributed by atoms with Gasteiger partial charge in [-0.2, -0.15) is 5.10 Å². The average molecular weight is 955 g/mol.